The normalized spacial score (nSPS) is 17.2. The summed E-state index contributed by atoms with van der Waals surface area (Å²) in [6, 6.07) is 5.80. The Morgan fingerprint density at radius 1 is 1.35 bits per heavy atom. The first-order chi connectivity index (χ1) is 9.48. The van der Waals surface area contributed by atoms with Crippen LogP contribution in [0, 0.1) is 0 Å². The highest BCUT2D eigenvalue weighted by Crippen LogP contribution is 2.32. The number of ether oxygens (including phenoxy) is 2. The van der Waals surface area contributed by atoms with E-state index in [1.807, 2.05) is 25.1 Å². The molecular weight excluding hydrogens is 256 g/mol. The number of nitrogens with one attached hydrogen (secondary N) is 1. The first kappa shape index (κ1) is 14.7. The van der Waals surface area contributed by atoms with Crippen LogP contribution in [0.2, 0.25) is 0 Å². The van der Waals surface area contributed by atoms with Gasteiger partial charge in [0.2, 0.25) is 5.91 Å². The third kappa shape index (κ3) is 3.22. The van der Waals surface area contributed by atoms with E-state index in [4.69, 9.17) is 15.2 Å². The number of nitrogens with two attached hydrogens (primary N) is 1. The van der Waals surface area contributed by atoms with Gasteiger partial charge >= 0.3 is 0 Å². The number of rotatable bonds is 6. The Kier molecular flexibility index (Phi) is 4.18. The molecule has 0 heterocycles. The molecule has 0 radical (unpaired) electrons. The fourth-order valence-corrected chi connectivity index (χ4v) is 2.14. The average Bonchev–Trinajstić information content (AvgIpc) is 3.17. The van der Waals surface area contributed by atoms with Crippen molar-refractivity contribution >= 4 is 5.91 Å². The van der Waals surface area contributed by atoms with Gasteiger partial charge in [-0.05, 0) is 43.9 Å². The number of amides is 1. The van der Waals surface area contributed by atoms with Crippen LogP contribution in [0.3, 0.4) is 0 Å². The van der Waals surface area contributed by atoms with Gasteiger partial charge < -0.3 is 20.5 Å². The van der Waals surface area contributed by atoms with Crippen LogP contribution in [0.5, 0.6) is 11.5 Å². The lowest BCUT2D eigenvalue weighted by Gasteiger charge is -2.17. The Balaban J connectivity index is 1.97. The molecule has 1 atom stereocenters. The number of hydrogen-bond donors (Lipinski definition) is 2. The van der Waals surface area contributed by atoms with Crippen molar-refractivity contribution in [3.05, 3.63) is 23.8 Å². The highest BCUT2D eigenvalue weighted by Gasteiger charge is 2.46. The monoisotopic (exact) mass is 278 g/mol. The van der Waals surface area contributed by atoms with Crippen molar-refractivity contribution in [2.24, 2.45) is 5.73 Å². The summed E-state index contributed by atoms with van der Waals surface area (Å²) in [6.45, 7) is 1.97. The van der Waals surface area contributed by atoms with E-state index in [-0.39, 0.29) is 11.9 Å². The SMILES string of the molecule is COc1ccc(CC(C)NC(=O)C2(N)CC2)cc1OC. The second kappa shape index (κ2) is 5.71. The van der Waals surface area contributed by atoms with Crippen molar-refractivity contribution in [3.8, 4) is 11.5 Å². The van der Waals surface area contributed by atoms with Crippen LogP contribution in [0.1, 0.15) is 25.3 Å². The summed E-state index contributed by atoms with van der Waals surface area (Å²) in [5.41, 5.74) is 6.33. The van der Waals surface area contributed by atoms with Crippen molar-refractivity contribution in [1.29, 1.82) is 0 Å². The van der Waals surface area contributed by atoms with E-state index in [2.05, 4.69) is 5.32 Å². The van der Waals surface area contributed by atoms with Gasteiger partial charge in [0.25, 0.3) is 0 Å². The summed E-state index contributed by atoms with van der Waals surface area (Å²) in [5.74, 6) is 1.35. The van der Waals surface area contributed by atoms with Crippen molar-refractivity contribution in [2.75, 3.05) is 14.2 Å². The molecule has 0 bridgehead atoms. The van der Waals surface area contributed by atoms with Crippen LogP contribution in [-0.2, 0) is 11.2 Å². The lowest BCUT2D eigenvalue weighted by atomic mass is 10.1. The van der Waals surface area contributed by atoms with E-state index in [0.717, 1.165) is 24.8 Å². The van der Waals surface area contributed by atoms with Crippen LogP contribution in [0.4, 0.5) is 0 Å². The van der Waals surface area contributed by atoms with E-state index < -0.39 is 5.54 Å². The van der Waals surface area contributed by atoms with Crippen molar-refractivity contribution < 1.29 is 14.3 Å². The van der Waals surface area contributed by atoms with Gasteiger partial charge in [0.05, 0.1) is 19.8 Å². The van der Waals surface area contributed by atoms with Gasteiger partial charge in [-0.2, -0.15) is 0 Å². The molecule has 3 N–H and O–H groups in total. The van der Waals surface area contributed by atoms with E-state index >= 15 is 0 Å². The number of carbonyl (C=O) groups is 1. The molecule has 5 nitrogen and oxygen atoms in total. The molecular formula is C15H22N2O3. The molecule has 0 saturated heterocycles. The third-order valence-corrected chi connectivity index (χ3v) is 3.61. The molecule has 20 heavy (non-hydrogen) atoms. The number of hydrogen-bond acceptors (Lipinski definition) is 4. The van der Waals surface area contributed by atoms with Crippen LogP contribution in [0.25, 0.3) is 0 Å². The Morgan fingerprint density at radius 2 is 2.00 bits per heavy atom. The summed E-state index contributed by atoms with van der Waals surface area (Å²) in [4.78, 5) is 11.9. The first-order valence-corrected chi connectivity index (χ1v) is 6.79. The van der Waals surface area contributed by atoms with Crippen molar-refractivity contribution in [1.82, 2.24) is 5.32 Å². The molecule has 0 aromatic heterocycles. The fraction of sp³-hybridized carbons (Fsp3) is 0.533. The molecule has 1 aliphatic carbocycles. The van der Waals surface area contributed by atoms with Crippen LogP contribution in [0.15, 0.2) is 18.2 Å². The highest BCUT2D eigenvalue weighted by atomic mass is 16.5. The van der Waals surface area contributed by atoms with Gasteiger partial charge in [-0.15, -0.1) is 0 Å². The van der Waals surface area contributed by atoms with E-state index in [1.165, 1.54) is 0 Å². The van der Waals surface area contributed by atoms with Gasteiger partial charge in [0.15, 0.2) is 11.5 Å². The smallest absolute Gasteiger partial charge is 0.240 e. The molecule has 1 aromatic rings. The van der Waals surface area contributed by atoms with E-state index in [0.29, 0.717) is 11.5 Å². The third-order valence-electron chi connectivity index (χ3n) is 3.61. The minimum Gasteiger partial charge on any atom is -0.493 e. The van der Waals surface area contributed by atoms with Gasteiger partial charge in [0, 0.05) is 6.04 Å². The maximum atomic E-state index is 11.9. The quantitative estimate of drug-likeness (QED) is 0.821. The van der Waals surface area contributed by atoms with Crippen LogP contribution in [-0.4, -0.2) is 31.7 Å². The standard InChI is InChI=1S/C15H22N2O3/c1-10(17-14(18)15(16)6-7-15)8-11-4-5-12(19-2)13(9-11)20-3/h4-5,9-10H,6-8,16H2,1-3H3,(H,17,18). The highest BCUT2D eigenvalue weighted by molar-refractivity contribution is 5.89. The van der Waals surface area contributed by atoms with Crippen molar-refractivity contribution in [2.45, 2.75) is 37.8 Å². The predicted octanol–water partition coefficient (Wildman–Crippen LogP) is 1.24. The van der Waals surface area contributed by atoms with Gasteiger partial charge in [0.1, 0.15) is 0 Å². The number of benzene rings is 1. The Morgan fingerprint density at radius 3 is 2.55 bits per heavy atom. The van der Waals surface area contributed by atoms with Crippen molar-refractivity contribution in [3.63, 3.8) is 0 Å². The van der Waals surface area contributed by atoms with Gasteiger partial charge in [-0.3, -0.25) is 4.79 Å². The zero-order valence-corrected chi connectivity index (χ0v) is 12.2. The largest absolute Gasteiger partial charge is 0.493 e. The maximum absolute atomic E-state index is 11.9. The molecule has 2 rings (SSSR count). The minimum atomic E-state index is -0.619. The molecule has 1 aliphatic rings. The molecule has 1 saturated carbocycles. The summed E-state index contributed by atoms with van der Waals surface area (Å²) >= 11 is 0. The zero-order valence-electron chi connectivity index (χ0n) is 12.2. The van der Waals surface area contributed by atoms with Gasteiger partial charge in [-0.1, -0.05) is 6.07 Å². The minimum absolute atomic E-state index is 0.0293. The summed E-state index contributed by atoms with van der Waals surface area (Å²) < 4.78 is 10.5. The molecule has 1 unspecified atom stereocenters. The number of methoxy groups -OCH3 is 2. The molecule has 1 aromatic carbocycles. The summed E-state index contributed by atoms with van der Waals surface area (Å²) in [6.07, 6.45) is 2.28. The number of carbonyl (C=O) groups excluding carboxylic acids is 1. The molecule has 0 spiro atoms. The Hall–Kier alpha value is -1.75. The van der Waals surface area contributed by atoms with E-state index in [9.17, 15) is 4.79 Å². The van der Waals surface area contributed by atoms with Crippen LogP contribution >= 0.6 is 0 Å². The Labute approximate surface area is 119 Å². The Bertz CT molecular complexity index is 498. The van der Waals surface area contributed by atoms with E-state index in [1.54, 1.807) is 14.2 Å². The molecule has 5 heteroatoms. The maximum Gasteiger partial charge on any atom is 0.240 e. The lowest BCUT2D eigenvalue weighted by molar-refractivity contribution is -0.123. The topological polar surface area (TPSA) is 73.6 Å². The average molecular weight is 278 g/mol. The molecule has 1 amide bonds. The lowest BCUT2D eigenvalue weighted by Crippen LogP contribution is -2.46. The first-order valence-electron chi connectivity index (χ1n) is 6.79. The predicted molar refractivity (Wildman–Crippen MR) is 77.0 cm³/mol. The fourth-order valence-electron chi connectivity index (χ4n) is 2.14. The molecule has 0 aliphatic heterocycles. The van der Waals surface area contributed by atoms with Crippen LogP contribution < -0.4 is 20.5 Å². The molecule has 1 fully saturated rings. The summed E-state index contributed by atoms with van der Waals surface area (Å²) in [7, 11) is 3.22. The summed E-state index contributed by atoms with van der Waals surface area (Å²) in [5, 5.41) is 2.96. The molecule has 110 valence electrons. The zero-order chi connectivity index (χ0) is 14.8. The second-order valence-electron chi connectivity index (χ2n) is 5.42. The second-order valence-corrected chi connectivity index (χ2v) is 5.42. The van der Waals surface area contributed by atoms with Gasteiger partial charge in [-0.25, -0.2) is 0 Å².